The van der Waals surface area contributed by atoms with Gasteiger partial charge in [-0.2, -0.15) is 0 Å². The summed E-state index contributed by atoms with van der Waals surface area (Å²) in [6.07, 6.45) is 0. The van der Waals surface area contributed by atoms with Crippen molar-refractivity contribution in [2.45, 2.75) is 26.4 Å². The molecule has 0 rings (SSSR count). The van der Waals surface area contributed by atoms with E-state index in [9.17, 15) is 19.7 Å². The van der Waals surface area contributed by atoms with Gasteiger partial charge in [-0.15, -0.1) is 10.1 Å². The summed E-state index contributed by atoms with van der Waals surface area (Å²) in [6, 6.07) is 0. The van der Waals surface area contributed by atoms with Crippen molar-refractivity contribution >= 4 is 11.9 Å². The Hall–Kier alpha value is -1.86. The maximum absolute atomic E-state index is 11.4. The second kappa shape index (κ2) is 5.89. The van der Waals surface area contributed by atoms with Crippen molar-refractivity contribution in [3.63, 3.8) is 0 Å². The molecule has 0 fully saturated rings. The summed E-state index contributed by atoms with van der Waals surface area (Å²) >= 11 is 0. The lowest BCUT2D eigenvalue weighted by molar-refractivity contribution is -0.771. The third kappa shape index (κ3) is 3.37. The van der Waals surface area contributed by atoms with Gasteiger partial charge < -0.3 is 9.47 Å². The molecule has 0 aromatic heterocycles. The average Bonchev–Trinajstić information content (AvgIpc) is 2.17. The highest BCUT2D eigenvalue weighted by molar-refractivity contribution is 6.03. The number of hydrogen-bond donors (Lipinski definition) is 0. The van der Waals surface area contributed by atoms with Crippen LogP contribution in [0.1, 0.15) is 20.8 Å². The first-order valence-electron chi connectivity index (χ1n) is 4.56. The highest BCUT2D eigenvalue weighted by Crippen LogP contribution is 2.15. The zero-order valence-corrected chi connectivity index (χ0v) is 9.22. The lowest BCUT2D eigenvalue weighted by Gasteiger charge is -2.22. The summed E-state index contributed by atoms with van der Waals surface area (Å²) in [5, 5.41) is 8.96. The van der Waals surface area contributed by atoms with Crippen LogP contribution in [0.5, 0.6) is 0 Å². The third-order valence-electron chi connectivity index (χ3n) is 1.59. The van der Waals surface area contributed by atoms with E-state index in [1.54, 1.807) is 0 Å². The van der Waals surface area contributed by atoms with E-state index in [2.05, 4.69) is 14.3 Å². The number of carbonyl (C=O) groups is 2. The van der Waals surface area contributed by atoms with Gasteiger partial charge in [0.25, 0.3) is 5.09 Å². The molecule has 0 unspecified atom stereocenters. The van der Waals surface area contributed by atoms with Crippen LogP contribution in [0.3, 0.4) is 0 Å². The van der Waals surface area contributed by atoms with Gasteiger partial charge in [-0.3, -0.25) is 4.84 Å². The summed E-state index contributed by atoms with van der Waals surface area (Å²) in [5.41, 5.74) is -2.38. The predicted molar refractivity (Wildman–Crippen MR) is 49.8 cm³/mol. The molecule has 0 aliphatic rings. The van der Waals surface area contributed by atoms with E-state index in [0.717, 1.165) is 6.92 Å². The Bertz CT molecular complexity index is 270. The largest absolute Gasteiger partial charge is 0.464 e. The Morgan fingerprint density at radius 1 is 1.19 bits per heavy atom. The van der Waals surface area contributed by atoms with Crippen molar-refractivity contribution in [1.29, 1.82) is 0 Å². The Labute approximate surface area is 91.6 Å². The summed E-state index contributed by atoms with van der Waals surface area (Å²) in [4.78, 5) is 37.0. The second-order valence-corrected chi connectivity index (χ2v) is 2.79. The molecular formula is C8H13NO7. The zero-order chi connectivity index (χ0) is 12.8. The Kier molecular flexibility index (Phi) is 5.20. The van der Waals surface area contributed by atoms with Gasteiger partial charge in [-0.05, 0) is 20.8 Å². The molecule has 92 valence electrons. The first kappa shape index (κ1) is 14.1. The number of ether oxygens (including phenoxy) is 2. The number of nitrogens with zero attached hydrogens (tertiary/aromatic N) is 1. The second-order valence-electron chi connectivity index (χ2n) is 2.79. The number of carbonyl (C=O) groups excluding carboxylic acids is 2. The molecule has 0 bridgehead atoms. The van der Waals surface area contributed by atoms with Crippen molar-refractivity contribution in [3.8, 4) is 0 Å². The van der Waals surface area contributed by atoms with Crippen LogP contribution in [-0.2, 0) is 23.9 Å². The fraction of sp³-hybridized carbons (Fsp3) is 0.750. The lowest BCUT2D eigenvalue weighted by atomic mass is 10.1. The summed E-state index contributed by atoms with van der Waals surface area (Å²) in [6.45, 7) is 3.85. The molecule has 0 aliphatic carbocycles. The highest BCUT2D eigenvalue weighted by atomic mass is 17.0. The van der Waals surface area contributed by atoms with E-state index in [-0.39, 0.29) is 13.2 Å². The van der Waals surface area contributed by atoms with Gasteiger partial charge in [0.2, 0.25) is 0 Å². The minimum Gasteiger partial charge on any atom is -0.464 e. The van der Waals surface area contributed by atoms with E-state index < -0.39 is 22.6 Å². The molecule has 0 aromatic rings. The van der Waals surface area contributed by atoms with Crippen LogP contribution >= 0.6 is 0 Å². The van der Waals surface area contributed by atoms with E-state index in [4.69, 9.17) is 0 Å². The topological polar surface area (TPSA) is 105 Å². The molecule has 0 saturated heterocycles. The summed E-state index contributed by atoms with van der Waals surface area (Å²) in [5.74, 6) is -2.32. The Balaban J connectivity index is 4.93. The van der Waals surface area contributed by atoms with Crippen LogP contribution in [0.4, 0.5) is 0 Å². The van der Waals surface area contributed by atoms with Crippen molar-refractivity contribution < 1.29 is 29.0 Å². The number of esters is 2. The fourth-order valence-corrected chi connectivity index (χ4v) is 0.845. The third-order valence-corrected chi connectivity index (χ3v) is 1.59. The predicted octanol–water partition coefficient (Wildman–Crippen LogP) is 0.0796. The first-order chi connectivity index (χ1) is 7.38. The van der Waals surface area contributed by atoms with Gasteiger partial charge in [0.15, 0.2) is 0 Å². The Morgan fingerprint density at radius 3 is 1.81 bits per heavy atom. The van der Waals surface area contributed by atoms with Gasteiger partial charge in [-0.25, -0.2) is 9.59 Å². The van der Waals surface area contributed by atoms with Crippen molar-refractivity contribution in [3.05, 3.63) is 10.1 Å². The van der Waals surface area contributed by atoms with Gasteiger partial charge in [-0.1, -0.05) is 0 Å². The summed E-state index contributed by atoms with van der Waals surface area (Å²) in [7, 11) is 0. The van der Waals surface area contributed by atoms with Gasteiger partial charge in [0, 0.05) is 0 Å². The van der Waals surface area contributed by atoms with E-state index >= 15 is 0 Å². The van der Waals surface area contributed by atoms with Crippen LogP contribution in [0, 0.1) is 10.1 Å². The first-order valence-corrected chi connectivity index (χ1v) is 4.56. The maximum Gasteiger partial charge on any atom is 0.350 e. The van der Waals surface area contributed by atoms with E-state index in [1.807, 2.05) is 0 Å². The van der Waals surface area contributed by atoms with Crippen LogP contribution in [0.15, 0.2) is 0 Å². The molecule has 8 nitrogen and oxygen atoms in total. The highest BCUT2D eigenvalue weighted by Gasteiger charge is 2.48. The zero-order valence-electron chi connectivity index (χ0n) is 9.22. The van der Waals surface area contributed by atoms with Crippen molar-refractivity contribution in [2.75, 3.05) is 13.2 Å². The molecule has 0 atom stereocenters. The monoisotopic (exact) mass is 235 g/mol. The van der Waals surface area contributed by atoms with Crippen LogP contribution < -0.4 is 0 Å². The molecule has 0 aliphatic heterocycles. The molecule has 16 heavy (non-hydrogen) atoms. The molecule has 8 heteroatoms. The standard InChI is InChI=1S/C8H13NO7/c1-4-14-6(10)8(3,16-9(12)13)7(11)15-5-2/h4-5H2,1-3H3. The quantitative estimate of drug-likeness (QED) is 0.278. The van der Waals surface area contributed by atoms with Crippen LogP contribution in [0.2, 0.25) is 0 Å². The SMILES string of the molecule is CCOC(=O)C(C)(O[N+](=O)[O-])C(=O)OCC. The van der Waals surface area contributed by atoms with Crippen molar-refractivity contribution in [1.82, 2.24) is 0 Å². The average molecular weight is 235 g/mol. The molecule has 0 radical (unpaired) electrons. The minimum absolute atomic E-state index is 0.0328. The Morgan fingerprint density at radius 2 is 1.56 bits per heavy atom. The van der Waals surface area contributed by atoms with Crippen LogP contribution in [-0.4, -0.2) is 35.8 Å². The number of rotatable bonds is 6. The normalized spacial score (nSPS) is 10.4. The minimum atomic E-state index is -2.38. The van der Waals surface area contributed by atoms with E-state index in [0.29, 0.717) is 0 Å². The molecule has 0 amide bonds. The van der Waals surface area contributed by atoms with Gasteiger partial charge in [0.05, 0.1) is 13.2 Å². The van der Waals surface area contributed by atoms with E-state index in [1.165, 1.54) is 13.8 Å². The molecule has 0 heterocycles. The molecular weight excluding hydrogens is 222 g/mol. The van der Waals surface area contributed by atoms with Crippen molar-refractivity contribution in [2.24, 2.45) is 0 Å². The maximum atomic E-state index is 11.4. The number of hydrogen-bond acceptors (Lipinski definition) is 7. The molecule has 0 aromatic carbocycles. The fourth-order valence-electron chi connectivity index (χ4n) is 0.845. The summed E-state index contributed by atoms with van der Waals surface area (Å²) < 4.78 is 9.01. The van der Waals surface area contributed by atoms with Crippen LogP contribution in [0.25, 0.3) is 0 Å². The van der Waals surface area contributed by atoms with Gasteiger partial charge >= 0.3 is 17.5 Å². The lowest BCUT2D eigenvalue weighted by Crippen LogP contribution is -2.49. The molecule has 0 N–H and O–H groups in total. The molecule has 0 saturated carbocycles. The molecule has 0 spiro atoms. The smallest absolute Gasteiger partial charge is 0.350 e. The van der Waals surface area contributed by atoms with Gasteiger partial charge in [0.1, 0.15) is 0 Å².